The molecule has 1 aliphatic rings. The molecule has 0 spiro atoms. The monoisotopic (exact) mass is 412 g/mol. The molecule has 0 unspecified atom stereocenters. The molecule has 0 saturated heterocycles. The number of Topliss-reactive ketones (excluding diaryl/α,β-unsaturated/α-hetero) is 1. The minimum atomic E-state index is -0.487. The van der Waals surface area contributed by atoms with Crippen molar-refractivity contribution in [3.63, 3.8) is 0 Å². The Kier molecular flexibility index (Phi) is 5.94. The summed E-state index contributed by atoms with van der Waals surface area (Å²) < 4.78 is 24.3. The predicted molar refractivity (Wildman–Crippen MR) is 108 cm³/mol. The fraction of sp³-hybridized carbons (Fsp3) is 0.318. The number of nitrogens with zero attached hydrogens (tertiary/aromatic N) is 2. The van der Waals surface area contributed by atoms with Crippen LogP contribution in [-0.2, 0) is 12.8 Å². The zero-order valence-corrected chi connectivity index (χ0v) is 16.9. The maximum absolute atomic E-state index is 13.0. The fourth-order valence-corrected chi connectivity index (χ4v) is 3.99. The van der Waals surface area contributed by atoms with E-state index in [9.17, 15) is 9.18 Å². The molecular formula is C22H21FN2O3S. The largest absolute Gasteiger partial charge is 0.481 e. The zero-order valence-electron chi connectivity index (χ0n) is 16.1. The molecule has 3 aromatic rings. The van der Waals surface area contributed by atoms with Gasteiger partial charge in [0, 0.05) is 5.56 Å². The number of ether oxygens (including phenoxy) is 1. The Morgan fingerprint density at radius 1 is 1.14 bits per heavy atom. The quantitative estimate of drug-likeness (QED) is 0.392. The van der Waals surface area contributed by atoms with Crippen LogP contribution in [0.3, 0.4) is 0 Å². The van der Waals surface area contributed by atoms with Crippen molar-refractivity contribution in [2.75, 3.05) is 5.75 Å². The Bertz CT molecular complexity index is 1000. The number of hydrogen-bond acceptors (Lipinski definition) is 6. The summed E-state index contributed by atoms with van der Waals surface area (Å²) in [5.74, 6) is 0.754. The fourth-order valence-electron chi connectivity index (χ4n) is 3.33. The topological polar surface area (TPSA) is 65.2 Å². The molecule has 0 N–H and O–H groups in total. The third kappa shape index (κ3) is 4.85. The van der Waals surface area contributed by atoms with E-state index < -0.39 is 6.10 Å². The summed E-state index contributed by atoms with van der Waals surface area (Å²) in [6.45, 7) is 1.77. The Hall–Kier alpha value is -2.67. The van der Waals surface area contributed by atoms with Gasteiger partial charge >= 0.3 is 0 Å². The van der Waals surface area contributed by atoms with E-state index >= 15 is 0 Å². The molecule has 1 heterocycles. The van der Waals surface area contributed by atoms with E-state index in [0.29, 0.717) is 16.9 Å². The van der Waals surface area contributed by atoms with Crippen molar-refractivity contribution in [2.24, 2.45) is 0 Å². The molecule has 0 saturated carbocycles. The van der Waals surface area contributed by atoms with E-state index in [-0.39, 0.29) is 17.4 Å². The second-order valence-electron chi connectivity index (χ2n) is 7.02. The van der Waals surface area contributed by atoms with Gasteiger partial charge in [-0.2, -0.15) is 0 Å². The number of benzene rings is 2. The molecule has 4 rings (SSSR count). The number of ketones is 1. The van der Waals surface area contributed by atoms with Gasteiger partial charge < -0.3 is 9.15 Å². The molecule has 0 radical (unpaired) electrons. The maximum Gasteiger partial charge on any atom is 0.277 e. The van der Waals surface area contributed by atoms with Crippen LogP contribution < -0.4 is 4.74 Å². The van der Waals surface area contributed by atoms with Crippen molar-refractivity contribution >= 4 is 17.5 Å². The normalized spacial score (nSPS) is 14.3. The van der Waals surface area contributed by atoms with Gasteiger partial charge in [-0.1, -0.05) is 23.9 Å². The van der Waals surface area contributed by atoms with Crippen molar-refractivity contribution in [1.29, 1.82) is 0 Å². The Labute approximate surface area is 172 Å². The van der Waals surface area contributed by atoms with Gasteiger partial charge in [0.2, 0.25) is 0 Å². The first-order valence-corrected chi connectivity index (χ1v) is 10.6. The Balaban J connectivity index is 1.34. The molecule has 1 aliphatic carbocycles. The van der Waals surface area contributed by atoms with E-state index in [1.165, 1.54) is 60.0 Å². The van der Waals surface area contributed by atoms with Gasteiger partial charge in [0.05, 0.1) is 5.75 Å². The van der Waals surface area contributed by atoms with E-state index in [0.717, 1.165) is 18.4 Å². The van der Waals surface area contributed by atoms with Crippen LogP contribution in [0.4, 0.5) is 4.39 Å². The summed E-state index contributed by atoms with van der Waals surface area (Å²) in [6, 6.07) is 11.7. The number of thioether (sulfide) groups is 1. The van der Waals surface area contributed by atoms with Crippen molar-refractivity contribution in [3.05, 3.63) is 70.9 Å². The second kappa shape index (κ2) is 8.78. The lowest BCUT2D eigenvalue weighted by atomic mass is 9.90. The lowest BCUT2D eigenvalue weighted by molar-refractivity contribution is 0.102. The number of rotatable bonds is 7. The second-order valence-corrected chi connectivity index (χ2v) is 7.95. The smallest absolute Gasteiger partial charge is 0.277 e. The predicted octanol–water partition coefficient (Wildman–Crippen LogP) is 5.20. The number of carbonyl (C=O) groups is 1. The van der Waals surface area contributed by atoms with Gasteiger partial charge in [0.25, 0.3) is 11.1 Å². The van der Waals surface area contributed by atoms with Crippen molar-refractivity contribution in [1.82, 2.24) is 10.2 Å². The minimum absolute atomic E-state index is 0.0405. The minimum Gasteiger partial charge on any atom is -0.481 e. The molecule has 0 bridgehead atoms. The third-order valence-corrected chi connectivity index (χ3v) is 5.71. The standard InChI is InChI=1S/C22H21FN2O3S/c1-14(27-19-10-8-18(23)9-11-19)21-24-25-22(28-21)29-13-20(26)17-7-6-15-4-2-3-5-16(15)12-17/h6-12,14H,2-5,13H2,1H3/t14-/m1/s1. The third-order valence-electron chi connectivity index (χ3n) is 4.89. The first-order chi connectivity index (χ1) is 14.1. The average molecular weight is 412 g/mol. The molecule has 2 aromatic carbocycles. The van der Waals surface area contributed by atoms with Crippen molar-refractivity contribution in [3.8, 4) is 5.75 Å². The highest BCUT2D eigenvalue weighted by molar-refractivity contribution is 7.99. The average Bonchev–Trinajstić information content (AvgIpc) is 3.22. The summed E-state index contributed by atoms with van der Waals surface area (Å²) >= 11 is 1.21. The van der Waals surface area contributed by atoms with Crippen LogP contribution in [0.5, 0.6) is 5.75 Å². The molecule has 0 aliphatic heterocycles. The Morgan fingerprint density at radius 3 is 2.69 bits per heavy atom. The first-order valence-electron chi connectivity index (χ1n) is 9.62. The lowest BCUT2D eigenvalue weighted by Gasteiger charge is -2.16. The summed E-state index contributed by atoms with van der Waals surface area (Å²) in [5.41, 5.74) is 3.38. The van der Waals surface area contributed by atoms with Gasteiger partial charge in [-0.3, -0.25) is 4.79 Å². The molecule has 29 heavy (non-hydrogen) atoms. The number of halogens is 1. The number of hydrogen-bond donors (Lipinski definition) is 0. The molecule has 5 nitrogen and oxygen atoms in total. The van der Waals surface area contributed by atoms with Crippen LogP contribution in [0.15, 0.2) is 52.1 Å². The van der Waals surface area contributed by atoms with E-state index in [1.807, 2.05) is 12.1 Å². The Morgan fingerprint density at radius 2 is 1.90 bits per heavy atom. The molecule has 0 fully saturated rings. The summed E-state index contributed by atoms with van der Waals surface area (Å²) in [4.78, 5) is 12.5. The number of aromatic nitrogens is 2. The highest BCUT2D eigenvalue weighted by Crippen LogP contribution is 2.26. The van der Waals surface area contributed by atoms with Gasteiger partial charge in [-0.05, 0) is 74.1 Å². The summed E-state index contributed by atoms with van der Waals surface area (Å²) in [6.07, 6.45) is 4.06. The van der Waals surface area contributed by atoms with Crippen LogP contribution in [0, 0.1) is 5.82 Å². The molecule has 7 heteroatoms. The van der Waals surface area contributed by atoms with Gasteiger partial charge in [-0.25, -0.2) is 4.39 Å². The molecule has 0 amide bonds. The highest BCUT2D eigenvalue weighted by atomic mass is 32.2. The van der Waals surface area contributed by atoms with Crippen LogP contribution in [0.2, 0.25) is 0 Å². The highest BCUT2D eigenvalue weighted by Gasteiger charge is 2.18. The number of aryl methyl sites for hydroxylation is 2. The lowest BCUT2D eigenvalue weighted by Crippen LogP contribution is -2.07. The van der Waals surface area contributed by atoms with Crippen LogP contribution in [0.1, 0.15) is 53.2 Å². The van der Waals surface area contributed by atoms with E-state index in [2.05, 4.69) is 16.3 Å². The van der Waals surface area contributed by atoms with E-state index in [4.69, 9.17) is 9.15 Å². The van der Waals surface area contributed by atoms with Gasteiger partial charge in [0.1, 0.15) is 11.6 Å². The SMILES string of the molecule is C[C@@H](Oc1ccc(F)cc1)c1nnc(SCC(=O)c2ccc3c(c2)CCCC3)o1. The molecule has 150 valence electrons. The first kappa shape index (κ1) is 19.6. The summed E-state index contributed by atoms with van der Waals surface area (Å²) in [7, 11) is 0. The molecule has 1 aromatic heterocycles. The molecular weight excluding hydrogens is 391 g/mol. The van der Waals surface area contributed by atoms with Crippen LogP contribution >= 0.6 is 11.8 Å². The van der Waals surface area contributed by atoms with Crippen LogP contribution in [0.25, 0.3) is 0 Å². The summed E-state index contributed by atoms with van der Waals surface area (Å²) in [5, 5.41) is 8.29. The van der Waals surface area contributed by atoms with Gasteiger partial charge in [0.15, 0.2) is 11.9 Å². The number of fused-ring (bicyclic) bond motifs is 1. The molecule has 1 atom stereocenters. The van der Waals surface area contributed by atoms with Gasteiger partial charge in [-0.15, -0.1) is 10.2 Å². The maximum atomic E-state index is 13.0. The van der Waals surface area contributed by atoms with Crippen molar-refractivity contribution in [2.45, 2.75) is 43.9 Å². The van der Waals surface area contributed by atoms with Crippen LogP contribution in [-0.4, -0.2) is 21.7 Å². The van der Waals surface area contributed by atoms with E-state index in [1.54, 1.807) is 6.92 Å². The number of carbonyl (C=O) groups excluding carboxylic acids is 1. The zero-order chi connectivity index (χ0) is 20.2. The van der Waals surface area contributed by atoms with Crippen molar-refractivity contribution < 1.29 is 18.3 Å².